The normalized spacial score (nSPS) is 20.4. The second-order valence-electron chi connectivity index (χ2n) is 5.42. The monoisotopic (exact) mass is 301 g/mol. The number of benzene rings is 1. The van der Waals surface area contributed by atoms with Crippen molar-refractivity contribution < 1.29 is 12.8 Å². The summed E-state index contributed by atoms with van der Waals surface area (Å²) in [6.45, 7) is 3.62. The Kier molecular flexibility index (Phi) is 4.31. The summed E-state index contributed by atoms with van der Waals surface area (Å²) in [4.78, 5) is 1.77. The first kappa shape index (κ1) is 15.2. The van der Waals surface area contributed by atoms with E-state index in [1.54, 1.807) is 0 Å². The first-order valence-electron chi connectivity index (χ1n) is 6.53. The Morgan fingerprint density at radius 3 is 2.80 bits per heavy atom. The molecule has 0 spiro atoms. The fourth-order valence-corrected chi connectivity index (χ4v) is 3.76. The van der Waals surface area contributed by atoms with E-state index in [-0.39, 0.29) is 22.1 Å². The van der Waals surface area contributed by atoms with Crippen LogP contribution in [-0.2, 0) is 10.0 Å². The quantitative estimate of drug-likeness (QED) is 0.812. The zero-order chi connectivity index (χ0) is 14.9. The van der Waals surface area contributed by atoms with Gasteiger partial charge in [-0.2, -0.15) is 0 Å². The molecule has 1 aromatic carbocycles. The van der Waals surface area contributed by atoms with Gasteiger partial charge in [-0.3, -0.25) is 0 Å². The van der Waals surface area contributed by atoms with Crippen LogP contribution in [0.3, 0.4) is 0 Å². The lowest BCUT2D eigenvalue weighted by Crippen LogP contribution is -2.31. The summed E-state index contributed by atoms with van der Waals surface area (Å²) in [5.74, 6) is -0.477. The van der Waals surface area contributed by atoms with Crippen molar-refractivity contribution in [1.82, 2.24) is 9.62 Å². The number of rotatable bonds is 4. The molecule has 0 aromatic heterocycles. The topological polar surface area (TPSA) is 75.4 Å². The number of nitrogens with zero attached hydrogens (tertiary/aromatic N) is 1. The molecule has 7 heteroatoms. The van der Waals surface area contributed by atoms with Gasteiger partial charge in [-0.15, -0.1) is 0 Å². The van der Waals surface area contributed by atoms with Crippen LogP contribution in [0.4, 0.5) is 10.1 Å². The number of nitrogens with one attached hydrogen (secondary N) is 1. The molecule has 1 fully saturated rings. The van der Waals surface area contributed by atoms with Gasteiger partial charge < -0.3 is 10.6 Å². The van der Waals surface area contributed by atoms with Crippen LogP contribution in [0.25, 0.3) is 0 Å². The molecule has 1 aromatic rings. The molecule has 112 valence electrons. The lowest BCUT2D eigenvalue weighted by atomic mass is 10.1. The number of nitrogen functional groups attached to an aromatic ring is 1. The number of sulfonamides is 1. The molecule has 3 N–H and O–H groups in total. The molecule has 20 heavy (non-hydrogen) atoms. The van der Waals surface area contributed by atoms with Crippen LogP contribution in [-0.4, -0.2) is 40.0 Å². The van der Waals surface area contributed by atoms with Gasteiger partial charge in [0.25, 0.3) is 0 Å². The highest BCUT2D eigenvalue weighted by Crippen LogP contribution is 2.22. The lowest BCUT2D eigenvalue weighted by molar-refractivity contribution is 0.394. The highest BCUT2D eigenvalue weighted by Gasteiger charge is 2.25. The molecular weight excluding hydrogens is 281 g/mol. The molecule has 2 rings (SSSR count). The predicted molar refractivity (Wildman–Crippen MR) is 76.3 cm³/mol. The van der Waals surface area contributed by atoms with Crippen molar-refractivity contribution in [2.45, 2.75) is 18.2 Å². The second kappa shape index (κ2) is 5.67. The maximum atomic E-state index is 14.0. The standard InChI is InChI=1S/C13H20FN3O2S/c1-9-5-11(15)6-12(13(9)14)20(18,19)16-7-10-3-4-17(2)8-10/h5-6,10,16H,3-4,7-8,15H2,1-2H3. The van der Waals surface area contributed by atoms with Gasteiger partial charge in [-0.25, -0.2) is 17.5 Å². The number of aryl methyl sites for hydroxylation is 1. The largest absolute Gasteiger partial charge is 0.399 e. The van der Waals surface area contributed by atoms with E-state index in [1.807, 2.05) is 7.05 Å². The van der Waals surface area contributed by atoms with E-state index in [4.69, 9.17) is 5.73 Å². The van der Waals surface area contributed by atoms with Gasteiger partial charge in [0.15, 0.2) is 0 Å². The molecule has 0 bridgehead atoms. The molecule has 1 heterocycles. The van der Waals surface area contributed by atoms with E-state index in [1.165, 1.54) is 13.0 Å². The average Bonchev–Trinajstić information content (AvgIpc) is 2.77. The minimum absolute atomic E-state index is 0.228. The van der Waals surface area contributed by atoms with Crippen LogP contribution in [0, 0.1) is 18.7 Å². The van der Waals surface area contributed by atoms with Crippen molar-refractivity contribution in [3.63, 3.8) is 0 Å². The minimum atomic E-state index is -3.86. The van der Waals surface area contributed by atoms with Crippen molar-refractivity contribution in [1.29, 1.82) is 0 Å². The number of likely N-dealkylation sites (tertiary alicyclic amines) is 1. The van der Waals surface area contributed by atoms with Crippen molar-refractivity contribution in [3.05, 3.63) is 23.5 Å². The van der Waals surface area contributed by atoms with Gasteiger partial charge in [0.2, 0.25) is 10.0 Å². The van der Waals surface area contributed by atoms with Gasteiger partial charge in [0.05, 0.1) is 0 Å². The van der Waals surface area contributed by atoms with E-state index in [2.05, 4.69) is 9.62 Å². The average molecular weight is 301 g/mol. The van der Waals surface area contributed by atoms with Crippen molar-refractivity contribution in [2.24, 2.45) is 5.92 Å². The number of anilines is 1. The summed E-state index contributed by atoms with van der Waals surface area (Å²) in [6.07, 6.45) is 0.942. The SMILES string of the molecule is Cc1cc(N)cc(S(=O)(=O)NCC2CCN(C)C2)c1F. The Bertz CT molecular complexity index is 604. The third kappa shape index (κ3) is 3.28. The van der Waals surface area contributed by atoms with Crippen LogP contribution in [0.2, 0.25) is 0 Å². The lowest BCUT2D eigenvalue weighted by Gasteiger charge is -2.13. The van der Waals surface area contributed by atoms with Crippen LogP contribution in [0.15, 0.2) is 17.0 Å². The molecule has 0 radical (unpaired) electrons. The molecule has 1 aliphatic heterocycles. The second-order valence-corrected chi connectivity index (χ2v) is 7.15. The number of hydrogen-bond acceptors (Lipinski definition) is 4. The maximum absolute atomic E-state index is 14.0. The van der Waals surface area contributed by atoms with E-state index >= 15 is 0 Å². The predicted octanol–water partition coefficient (Wildman–Crippen LogP) is 0.946. The van der Waals surface area contributed by atoms with Crippen molar-refractivity contribution in [2.75, 3.05) is 32.4 Å². The number of hydrogen-bond donors (Lipinski definition) is 2. The van der Waals surface area contributed by atoms with Gasteiger partial charge in [0.1, 0.15) is 10.7 Å². The maximum Gasteiger partial charge on any atom is 0.243 e. The van der Waals surface area contributed by atoms with Crippen LogP contribution in [0.1, 0.15) is 12.0 Å². The number of halogens is 1. The van der Waals surface area contributed by atoms with E-state index in [0.29, 0.717) is 6.54 Å². The molecule has 5 nitrogen and oxygen atoms in total. The molecule has 0 aliphatic carbocycles. The molecule has 1 aliphatic rings. The van der Waals surface area contributed by atoms with Gasteiger partial charge in [0, 0.05) is 18.8 Å². The molecule has 1 atom stereocenters. The van der Waals surface area contributed by atoms with Gasteiger partial charge in [-0.05, 0) is 50.6 Å². The van der Waals surface area contributed by atoms with Gasteiger partial charge in [-0.1, -0.05) is 0 Å². The first-order valence-corrected chi connectivity index (χ1v) is 8.02. The Labute approximate surface area is 119 Å². The van der Waals surface area contributed by atoms with Crippen LogP contribution >= 0.6 is 0 Å². The summed E-state index contributed by atoms with van der Waals surface area (Å²) < 4.78 is 40.8. The van der Waals surface area contributed by atoms with Crippen LogP contribution in [0.5, 0.6) is 0 Å². The highest BCUT2D eigenvalue weighted by atomic mass is 32.2. The van der Waals surface area contributed by atoms with Crippen molar-refractivity contribution >= 4 is 15.7 Å². The van der Waals surface area contributed by atoms with E-state index in [0.717, 1.165) is 25.6 Å². The summed E-state index contributed by atoms with van der Waals surface area (Å²) in [7, 11) is -1.87. The van der Waals surface area contributed by atoms with E-state index < -0.39 is 15.8 Å². The Morgan fingerprint density at radius 2 is 2.20 bits per heavy atom. The minimum Gasteiger partial charge on any atom is -0.399 e. The van der Waals surface area contributed by atoms with Gasteiger partial charge >= 0.3 is 0 Å². The summed E-state index contributed by atoms with van der Waals surface area (Å²) >= 11 is 0. The summed E-state index contributed by atoms with van der Waals surface area (Å²) in [5, 5.41) is 0. The fraction of sp³-hybridized carbons (Fsp3) is 0.538. The van der Waals surface area contributed by atoms with Crippen LogP contribution < -0.4 is 10.5 Å². The smallest absolute Gasteiger partial charge is 0.243 e. The Balaban J connectivity index is 2.14. The summed E-state index contributed by atoms with van der Waals surface area (Å²) in [6, 6.07) is 2.58. The van der Waals surface area contributed by atoms with Crippen molar-refractivity contribution in [3.8, 4) is 0 Å². The zero-order valence-corrected chi connectivity index (χ0v) is 12.5. The first-order chi connectivity index (χ1) is 9.29. The third-order valence-electron chi connectivity index (χ3n) is 3.58. The molecule has 1 saturated heterocycles. The molecule has 1 unspecified atom stereocenters. The number of nitrogens with two attached hydrogens (primary N) is 1. The molecule has 0 saturated carbocycles. The molecular formula is C13H20FN3O2S. The highest BCUT2D eigenvalue weighted by molar-refractivity contribution is 7.89. The Hall–Kier alpha value is -1.18. The zero-order valence-electron chi connectivity index (χ0n) is 11.7. The Morgan fingerprint density at radius 1 is 1.50 bits per heavy atom. The summed E-state index contributed by atoms with van der Waals surface area (Å²) in [5.41, 5.74) is 6.06. The molecule has 0 amide bonds. The van der Waals surface area contributed by atoms with E-state index in [9.17, 15) is 12.8 Å². The third-order valence-corrected chi connectivity index (χ3v) is 5.01. The fourth-order valence-electron chi connectivity index (χ4n) is 2.46.